The van der Waals surface area contributed by atoms with Crippen molar-refractivity contribution in [1.82, 2.24) is 0 Å². The van der Waals surface area contributed by atoms with E-state index in [-0.39, 0.29) is 89.1 Å². The third-order valence-electron chi connectivity index (χ3n) is 22.4. The van der Waals surface area contributed by atoms with Crippen LogP contribution in [0, 0.1) is 39.5 Å². The van der Waals surface area contributed by atoms with Crippen LogP contribution >= 0.6 is 7.60 Å². The van der Waals surface area contributed by atoms with Crippen molar-refractivity contribution in [2.45, 2.75) is 255 Å². The Morgan fingerprint density at radius 1 is 0.423 bits per heavy atom. The number of benzene rings is 4. The summed E-state index contributed by atoms with van der Waals surface area (Å²) in [5, 5.41) is 0. The van der Waals surface area contributed by atoms with Gasteiger partial charge in [0.05, 0.1) is 100 Å². The van der Waals surface area contributed by atoms with E-state index in [2.05, 4.69) is 97.8 Å². The highest BCUT2D eigenvalue weighted by molar-refractivity contribution is 7.56. The fraction of sp³-hybridized carbons (Fsp3) is 0.571. The molecule has 4 aromatic rings. The van der Waals surface area contributed by atoms with E-state index < -0.39 is 63.5 Å². The molecule has 0 aromatic heterocycles. The van der Waals surface area contributed by atoms with Crippen molar-refractivity contribution >= 4 is 88.0 Å². The second-order valence-electron chi connectivity index (χ2n) is 36.9. The molecule has 10 rings (SSSR count). The van der Waals surface area contributed by atoms with Gasteiger partial charge < -0.3 is 89.6 Å². The highest BCUT2D eigenvalue weighted by atomic mass is 31.2. The minimum atomic E-state index is -3.51. The first kappa shape index (κ1) is 110. The molecule has 0 bridgehead atoms. The number of carbonyl (C=O) groups excluding carboxylic acids is 8. The molecule has 2 fully saturated rings. The van der Waals surface area contributed by atoms with Crippen LogP contribution in [0.1, 0.15) is 175 Å². The molecule has 720 valence electrons. The Hall–Kier alpha value is -9.08. The van der Waals surface area contributed by atoms with Crippen molar-refractivity contribution in [3.8, 4) is 46.0 Å². The monoisotopic (exact) mass is 1900 g/mol. The van der Waals surface area contributed by atoms with Gasteiger partial charge in [-0.2, -0.15) is 0 Å². The van der Waals surface area contributed by atoms with Gasteiger partial charge in [-0.1, -0.05) is 116 Å². The molecule has 4 aromatic carbocycles. The van der Waals surface area contributed by atoms with Crippen LogP contribution in [0.15, 0.2) is 60.3 Å². The van der Waals surface area contributed by atoms with Gasteiger partial charge in [0.15, 0.2) is 5.66 Å². The van der Waals surface area contributed by atoms with E-state index in [1.807, 2.05) is 47.6 Å². The number of carbonyl (C=O) groups is 8. The predicted octanol–water partition coefficient (Wildman–Crippen LogP) is 20.3. The molecule has 130 heavy (non-hydrogen) atoms. The predicted molar refractivity (Wildman–Crippen MR) is 514 cm³/mol. The van der Waals surface area contributed by atoms with Gasteiger partial charge in [0.1, 0.15) is 101 Å². The molecule has 1 unspecified atom stereocenters. The number of fused-ring (bicyclic) bond motifs is 4. The molecule has 27 nitrogen and oxygen atoms in total. The van der Waals surface area contributed by atoms with Crippen LogP contribution in [0.4, 0.5) is 0 Å². The lowest BCUT2D eigenvalue weighted by Crippen LogP contribution is -2.23. The number of rotatable bonds is 46. The minimum Gasteiger partial charge on any atom is -0.496 e. The lowest BCUT2D eigenvalue weighted by Gasteiger charge is -2.22. The Kier molecular flexibility index (Phi) is 42.8. The van der Waals surface area contributed by atoms with Crippen LogP contribution in [0.5, 0.6) is 46.0 Å². The molecular formula is C98H145O27PSi4. The highest BCUT2D eigenvalue weighted by Crippen LogP contribution is 2.55. The summed E-state index contributed by atoms with van der Waals surface area (Å²) in [7, 11) is -2.22. The first-order valence-electron chi connectivity index (χ1n) is 45.3. The summed E-state index contributed by atoms with van der Waals surface area (Å²) in [4.78, 5) is 97.0. The van der Waals surface area contributed by atoms with Gasteiger partial charge in [-0.05, 0) is 178 Å². The van der Waals surface area contributed by atoms with Gasteiger partial charge in [0, 0.05) is 95.4 Å². The van der Waals surface area contributed by atoms with E-state index in [9.17, 15) is 42.9 Å². The number of ether oxygens (including phenoxy) is 16. The zero-order valence-electron chi connectivity index (χ0n) is 82.2. The fourth-order valence-corrected chi connectivity index (χ4v) is 19.5. The van der Waals surface area contributed by atoms with Crippen molar-refractivity contribution in [2.24, 2.45) is 11.8 Å². The van der Waals surface area contributed by atoms with Crippen LogP contribution in [0.3, 0.4) is 0 Å². The number of hydrogen-bond donors (Lipinski definition) is 0. The molecule has 1 atom stereocenters. The van der Waals surface area contributed by atoms with Crippen LogP contribution in [0.25, 0.3) is 0 Å². The maximum Gasteiger partial charge on any atom is 0.348 e. The second kappa shape index (κ2) is 50.7. The van der Waals surface area contributed by atoms with Crippen LogP contribution in [0.2, 0.25) is 103 Å². The molecule has 2 aliphatic carbocycles. The summed E-state index contributed by atoms with van der Waals surface area (Å²) < 4.78 is 112. The summed E-state index contributed by atoms with van der Waals surface area (Å²) in [6, 6.07) is 3.91. The summed E-state index contributed by atoms with van der Waals surface area (Å²) in [6.45, 7) is 58.6. The van der Waals surface area contributed by atoms with Crippen molar-refractivity contribution < 1.29 is 128 Å². The van der Waals surface area contributed by atoms with Gasteiger partial charge in [-0.3, -0.25) is 9.36 Å². The molecule has 0 N–H and O–H groups in total. The lowest BCUT2D eigenvalue weighted by atomic mass is 9.94. The summed E-state index contributed by atoms with van der Waals surface area (Å²) in [5.41, 5.74) is 13.3. The largest absolute Gasteiger partial charge is 0.496 e. The number of methoxy groups -OCH3 is 4. The van der Waals surface area contributed by atoms with Gasteiger partial charge in [-0.25, -0.2) is 28.8 Å². The van der Waals surface area contributed by atoms with E-state index in [0.29, 0.717) is 156 Å². The van der Waals surface area contributed by atoms with E-state index in [4.69, 9.17) is 84.8 Å². The Morgan fingerprint density at radius 3 is 1.02 bits per heavy atom. The number of allylic oxidation sites excluding steroid dienone is 3. The normalized spacial score (nSPS) is 14.8. The number of cyclic esters (lactones) is 4. The van der Waals surface area contributed by atoms with Crippen molar-refractivity contribution in [3.63, 3.8) is 0 Å². The van der Waals surface area contributed by atoms with Gasteiger partial charge in [0.25, 0.3) is 0 Å². The maximum absolute atomic E-state index is 12.6. The average molecular weight is 1900 g/mol. The van der Waals surface area contributed by atoms with Gasteiger partial charge >= 0.3 is 49.4 Å². The topological polar surface area (TPSA) is 320 Å². The van der Waals surface area contributed by atoms with Crippen LogP contribution in [-0.4, -0.2) is 187 Å². The van der Waals surface area contributed by atoms with Gasteiger partial charge in [0.2, 0.25) is 0 Å². The summed E-state index contributed by atoms with van der Waals surface area (Å²) in [6.07, 6.45) is 15.4. The summed E-state index contributed by atoms with van der Waals surface area (Å²) >= 11 is 0. The maximum atomic E-state index is 12.6. The molecule has 4 aliphatic heterocycles. The molecule has 0 amide bonds. The lowest BCUT2D eigenvalue weighted by molar-refractivity contribution is -0.142. The summed E-state index contributed by atoms with van der Waals surface area (Å²) in [5.74, 6) is 2.97. The second-order valence-corrected chi connectivity index (χ2v) is 61.6. The first-order valence-corrected chi connectivity index (χ1v) is 61.7. The number of hydrogen-bond acceptors (Lipinski definition) is 27. The van der Waals surface area contributed by atoms with E-state index in [1.54, 1.807) is 62.2 Å². The molecule has 0 spiro atoms. The highest BCUT2D eigenvalue weighted by Gasteiger charge is 2.42. The quantitative estimate of drug-likeness (QED) is 0.00580. The molecule has 2 saturated carbocycles. The molecule has 6 aliphatic rings. The van der Waals surface area contributed by atoms with E-state index in [1.165, 1.54) is 30.6 Å². The van der Waals surface area contributed by atoms with Crippen LogP contribution in [-0.2, 0) is 123 Å². The Labute approximate surface area is 774 Å². The zero-order valence-corrected chi connectivity index (χ0v) is 87.1. The number of aldehydes is 1. The van der Waals surface area contributed by atoms with Crippen molar-refractivity contribution in [1.29, 1.82) is 0 Å². The third-order valence-corrected chi connectivity index (χ3v) is 31.5. The molecular weight excluding hydrogens is 1750 g/mol. The minimum absolute atomic E-state index is 0.146. The smallest absolute Gasteiger partial charge is 0.348 e. The average Bonchev–Trinajstić information content (AvgIpc) is 1.57. The van der Waals surface area contributed by atoms with E-state index >= 15 is 0 Å². The molecule has 0 saturated heterocycles. The SMILES string of the molecule is C=C/C(=C\Cc1c(OC)c(C)c2c(c1OCC[Si](C)(C)C)C(=O)OC2)C(=O)OCC.C=CC(C(=O)OCC)P(=O)(OCC)OCC.CCOC(=O)/C(=C/Cc1c(OC)c(C)c2c(c1OCC[Si](C)(C)C)C(=O)OC2)C1CC1.CCOC/C(=C/Cc1c(OC)c(C)c2c(c1OCC[Si](C)(C)C)C(=O)OC2)C1CC1.COc1c(C)c2c(c(OCC[Si](C)(C)C)c1CC=O)C(=O)OC2. The first-order chi connectivity index (χ1) is 61.4. The van der Waals surface area contributed by atoms with E-state index in [0.717, 1.165) is 105 Å². The van der Waals surface area contributed by atoms with Gasteiger partial charge in [-0.15, -0.1) is 6.58 Å². The Balaban J connectivity index is 0.000000254. The molecule has 32 heteroatoms. The molecule has 0 radical (unpaired) electrons. The fourth-order valence-electron chi connectivity index (χ4n) is 14.9. The zero-order chi connectivity index (χ0) is 96.9. The Bertz CT molecular complexity index is 4820. The Morgan fingerprint density at radius 2 is 0.738 bits per heavy atom. The van der Waals surface area contributed by atoms with Crippen molar-refractivity contribution in [3.05, 3.63) is 149 Å². The standard InChI is InChI=1S/C24H34O6Si.C24H36O5Si.C23H32O6Si.C17H24O5Si.C10H19O5P/c1-7-28-23(25)17(16-8-9-16)10-11-18-21(27-3)15(2)19-14-30-24(26)20(19)22(18)29-12-13-31(4,5)6;1-7-27-14-18(17-8-9-17)10-11-19-22(26-3)16(2)20-15-29-24(25)21(20)23(19)28-12-13-30(4,5)6;1-8-16(22(24)27-9-2)10-11-17-20(26-4)15(3)18-14-29-23(25)19(18)21(17)28-12-13-30(5,6)7;1-11-13-10-22-17(19)14(13)16(21-8-9-23(3,4)5)12(6-7-18)15(11)20-2;1-5-9(10(11)13-6-2)16(12,14-7-3)15-8-4/h10,16H,7-9,11-14H2,1-6H3;10,17H,7-9,11-15H2,1-6H3;8,10H,1,9,11-14H2,2-7H3;7H,6,8-10H2,1-5H3;5,9H,1,6-8H2,2-4H3/b17-10+;18-10-;16-10+;;. The third kappa shape index (κ3) is 30.2. The molecule has 4 heterocycles. The van der Waals surface area contributed by atoms with Crippen molar-refractivity contribution in [2.75, 3.05) is 101 Å². The number of esters is 7. The van der Waals surface area contributed by atoms with Crippen LogP contribution < -0.4 is 37.9 Å².